The van der Waals surface area contributed by atoms with Crippen molar-refractivity contribution in [1.82, 2.24) is 0 Å². The fourth-order valence-corrected chi connectivity index (χ4v) is 1.61. The van der Waals surface area contributed by atoms with Crippen LogP contribution in [-0.4, -0.2) is 57.8 Å². The second-order valence-corrected chi connectivity index (χ2v) is 4.22. The van der Waals surface area contributed by atoms with Crippen molar-refractivity contribution in [1.29, 1.82) is 0 Å². The third-order valence-corrected chi connectivity index (χ3v) is 2.61. The van der Waals surface area contributed by atoms with Gasteiger partial charge in [-0.25, -0.2) is 4.79 Å². The van der Waals surface area contributed by atoms with Crippen LogP contribution < -0.4 is 4.74 Å². The molecule has 0 spiro atoms. The monoisotopic (exact) mass is 298 g/mol. The van der Waals surface area contributed by atoms with Gasteiger partial charge in [0, 0.05) is 20.3 Å². The maximum atomic E-state index is 11.0. The van der Waals surface area contributed by atoms with Crippen LogP contribution >= 0.6 is 0 Å². The summed E-state index contributed by atoms with van der Waals surface area (Å²) in [6, 6.07) is 6.53. The van der Waals surface area contributed by atoms with E-state index in [0.29, 0.717) is 45.4 Å². The van der Waals surface area contributed by atoms with Crippen LogP contribution in [0, 0.1) is 0 Å². The molecule has 118 valence electrons. The van der Waals surface area contributed by atoms with E-state index in [-0.39, 0.29) is 5.56 Å². The van der Waals surface area contributed by atoms with Crippen molar-refractivity contribution in [3.8, 4) is 5.75 Å². The molecule has 0 saturated heterocycles. The summed E-state index contributed by atoms with van der Waals surface area (Å²) in [6.07, 6.45) is 0.867. The fourth-order valence-electron chi connectivity index (χ4n) is 1.61. The second kappa shape index (κ2) is 11.1. The molecule has 1 N–H and O–H groups in total. The first kappa shape index (κ1) is 17.4. The highest BCUT2D eigenvalue weighted by molar-refractivity contribution is 5.90. The van der Waals surface area contributed by atoms with Crippen LogP contribution in [0.4, 0.5) is 0 Å². The van der Waals surface area contributed by atoms with Gasteiger partial charge in [0.05, 0.1) is 19.8 Å². The molecule has 0 unspecified atom stereocenters. The number of benzene rings is 1. The molecular formula is C15H22O6. The maximum Gasteiger partial charge on any atom is 0.339 e. The van der Waals surface area contributed by atoms with Crippen molar-refractivity contribution in [3.05, 3.63) is 29.8 Å². The Balaban J connectivity index is 2.06. The number of hydrogen-bond donors (Lipinski definition) is 1. The lowest BCUT2D eigenvalue weighted by Gasteiger charge is -2.09. The highest BCUT2D eigenvalue weighted by Gasteiger charge is 2.09. The van der Waals surface area contributed by atoms with Gasteiger partial charge in [-0.2, -0.15) is 0 Å². The van der Waals surface area contributed by atoms with E-state index in [1.807, 2.05) is 0 Å². The number of carboxylic acid groups (broad SMARTS) is 1. The largest absolute Gasteiger partial charge is 0.490 e. The summed E-state index contributed by atoms with van der Waals surface area (Å²) in [6.45, 7) is 3.03. The zero-order valence-corrected chi connectivity index (χ0v) is 12.2. The van der Waals surface area contributed by atoms with Crippen LogP contribution in [0.1, 0.15) is 16.8 Å². The van der Waals surface area contributed by atoms with Crippen LogP contribution in [-0.2, 0) is 14.2 Å². The molecule has 1 aromatic rings. The van der Waals surface area contributed by atoms with Crippen LogP contribution in [0.3, 0.4) is 0 Å². The molecule has 0 saturated carbocycles. The summed E-state index contributed by atoms with van der Waals surface area (Å²) >= 11 is 0. The lowest BCUT2D eigenvalue weighted by Crippen LogP contribution is -2.12. The molecule has 0 atom stereocenters. The van der Waals surface area contributed by atoms with Gasteiger partial charge in [-0.3, -0.25) is 0 Å². The number of para-hydroxylation sites is 1. The zero-order valence-electron chi connectivity index (χ0n) is 12.2. The van der Waals surface area contributed by atoms with Crippen LogP contribution in [0.25, 0.3) is 0 Å². The van der Waals surface area contributed by atoms with Gasteiger partial charge in [0.1, 0.15) is 17.9 Å². The Bertz CT molecular complexity index is 407. The number of ether oxygens (including phenoxy) is 4. The molecule has 1 aromatic carbocycles. The van der Waals surface area contributed by atoms with E-state index < -0.39 is 5.97 Å². The SMILES string of the molecule is COCCCOCCOCCOc1ccccc1C(=O)O. The highest BCUT2D eigenvalue weighted by atomic mass is 16.5. The molecule has 0 aliphatic carbocycles. The highest BCUT2D eigenvalue weighted by Crippen LogP contribution is 2.17. The summed E-state index contributed by atoms with van der Waals surface area (Å²) in [5, 5.41) is 8.99. The zero-order chi connectivity index (χ0) is 15.3. The number of methoxy groups -OCH3 is 1. The molecule has 0 heterocycles. The van der Waals surface area contributed by atoms with Crippen molar-refractivity contribution >= 4 is 5.97 Å². The normalized spacial score (nSPS) is 10.5. The van der Waals surface area contributed by atoms with E-state index in [4.69, 9.17) is 24.1 Å². The average molecular weight is 298 g/mol. The molecule has 0 amide bonds. The van der Waals surface area contributed by atoms with Gasteiger partial charge in [0.25, 0.3) is 0 Å². The van der Waals surface area contributed by atoms with Crippen molar-refractivity contribution < 1.29 is 28.8 Å². The molecule has 0 aliphatic rings. The van der Waals surface area contributed by atoms with Crippen LogP contribution in [0.2, 0.25) is 0 Å². The quantitative estimate of drug-likeness (QED) is 0.593. The first-order valence-corrected chi connectivity index (χ1v) is 6.85. The third-order valence-electron chi connectivity index (χ3n) is 2.61. The van der Waals surface area contributed by atoms with Gasteiger partial charge in [-0.05, 0) is 18.6 Å². The molecule has 0 radical (unpaired) electrons. The molecule has 0 fully saturated rings. The van der Waals surface area contributed by atoms with Crippen molar-refractivity contribution in [2.75, 3.05) is 46.8 Å². The first-order valence-electron chi connectivity index (χ1n) is 6.85. The lowest BCUT2D eigenvalue weighted by molar-refractivity contribution is 0.0302. The summed E-state index contributed by atoms with van der Waals surface area (Å²) in [5.74, 6) is -0.652. The second-order valence-electron chi connectivity index (χ2n) is 4.22. The molecule has 6 heteroatoms. The Morgan fingerprint density at radius 1 is 1.00 bits per heavy atom. The van der Waals surface area contributed by atoms with Crippen molar-refractivity contribution in [2.24, 2.45) is 0 Å². The number of rotatable bonds is 12. The van der Waals surface area contributed by atoms with E-state index in [2.05, 4.69) is 0 Å². The van der Waals surface area contributed by atoms with E-state index >= 15 is 0 Å². The maximum absolute atomic E-state index is 11.0. The minimum atomic E-state index is -1.00. The predicted octanol–water partition coefficient (Wildman–Crippen LogP) is 1.83. The number of carbonyl (C=O) groups is 1. The smallest absolute Gasteiger partial charge is 0.339 e. The minimum absolute atomic E-state index is 0.152. The Labute approximate surface area is 124 Å². The van der Waals surface area contributed by atoms with Gasteiger partial charge in [-0.1, -0.05) is 12.1 Å². The molecule has 0 aliphatic heterocycles. The molecule has 0 aromatic heterocycles. The molecule has 0 bridgehead atoms. The minimum Gasteiger partial charge on any atom is -0.490 e. The summed E-state index contributed by atoms with van der Waals surface area (Å²) in [4.78, 5) is 11.0. The number of hydrogen-bond acceptors (Lipinski definition) is 5. The summed E-state index contributed by atoms with van der Waals surface area (Å²) in [5.41, 5.74) is 0.152. The number of carboxylic acids is 1. The van der Waals surface area contributed by atoms with Gasteiger partial charge in [-0.15, -0.1) is 0 Å². The van der Waals surface area contributed by atoms with Gasteiger partial charge < -0.3 is 24.1 Å². The Morgan fingerprint density at radius 3 is 2.38 bits per heavy atom. The Hall–Kier alpha value is -1.63. The summed E-state index contributed by atoms with van der Waals surface area (Å²) in [7, 11) is 1.66. The van der Waals surface area contributed by atoms with Gasteiger partial charge in [0.15, 0.2) is 0 Å². The predicted molar refractivity (Wildman–Crippen MR) is 77.0 cm³/mol. The molecule has 21 heavy (non-hydrogen) atoms. The third kappa shape index (κ3) is 7.65. The lowest BCUT2D eigenvalue weighted by atomic mass is 10.2. The Morgan fingerprint density at radius 2 is 1.67 bits per heavy atom. The fraction of sp³-hybridized carbons (Fsp3) is 0.533. The standard InChI is InChI=1S/C15H22O6/c1-18-7-4-8-19-9-10-20-11-12-21-14-6-3-2-5-13(14)15(16)17/h2-3,5-6H,4,7-12H2,1H3,(H,16,17). The van der Waals surface area contributed by atoms with E-state index in [1.165, 1.54) is 6.07 Å². The topological polar surface area (TPSA) is 74.2 Å². The van der Waals surface area contributed by atoms with Crippen LogP contribution in [0.15, 0.2) is 24.3 Å². The number of aromatic carboxylic acids is 1. The molecular weight excluding hydrogens is 276 g/mol. The average Bonchev–Trinajstić information content (AvgIpc) is 2.49. The van der Waals surface area contributed by atoms with Crippen molar-refractivity contribution in [2.45, 2.75) is 6.42 Å². The summed E-state index contributed by atoms with van der Waals surface area (Å²) < 4.78 is 21.0. The first-order chi connectivity index (χ1) is 10.3. The molecule has 6 nitrogen and oxygen atoms in total. The van der Waals surface area contributed by atoms with Crippen LogP contribution in [0.5, 0.6) is 5.75 Å². The molecule has 1 rings (SSSR count). The Kier molecular flexibility index (Phi) is 9.19. The van der Waals surface area contributed by atoms with Crippen molar-refractivity contribution in [3.63, 3.8) is 0 Å². The van der Waals surface area contributed by atoms with E-state index in [1.54, 1.807) is 25.3 Å². The van der Waals surface area contributed by atoms with E-state index in [9.17, 15) is 4.79 Å². The van der Waals surface area contributed by atoms with E-state index in [0.717, 1.165) is 6.42 Å². The van der Waals surface area contributed by atoms with Gasteiger partial charge >= 0.3 is 5.97 Å². The van der Waals surface area contributed by atoms with Gasteiger partial charge in [0.2, 0.25) is 0 Å².